The Bertz CT molecular complexity index is 1910. The van der Waals surface area contributed by atoms with Gasteiger partial charge in [-0.15, -0.1) is 0 Å². The van der Waals surface area contributed by atoms with Crippen molar-refractivity contribution in [2.45, 2.75) is 84.2 Å². The molecule has 3 aromatic carbocycles. The number of nitrogens with zero attached hydrogens (tertiary/aromatic N) is 3. The summed E-state index contributed by atoms with van der Waals surface area (Å²) in [6, 6.07) is 19.2. The number of aliphatic hydroxyl groups excluding tert-OH is 1. The van der Waals surface area contributed by atoms with Gasteiger partial charge < -0.3 is 25.6 Å². The number of benzene rings is 3. The monoisotopic (exact) mass is 692 g/mol. The van der Waals surface area contributed by atoms with E-state index in [-0.39, 0.29) is 29.8 Å². The van der Waals surface area contributed by atoms with Gasteiger partial charge in [0.2, 0.25) is 12.3 Å². The Hall–Kier alpha value is -5.50. The number of carbonyl (C=O) groups is 3. The van der Waals surface area contributed by atoms with Crippen molar-refractivity contribution in [1.82, 2.24) is 10.2 Å². The predicted octanol–water partition coefficient (Wildman–Crippen LogP) is 7.45. The SMILES string of the molecule is CC(=N)/C(=C(/C)O)c1ccc(C)c(N(CCCCNc2cc3c(cc2F)C(=O)N(C(C)CCC(=O)NC=O)C3)c2ccc(C3(C#N)CC3)cc2)c1. The van der Waals surface area contributed by atoms with E-state index in [2.05, 4.69) is 21.6 Å². The summed E-state index contributed by atoms with van der Waals surface area (Å²) < 4.78 is 15.2. The lowest BCUT2D eigenvalue weighted by Crippen LogP contribution is -2.34. The first kappa shape index (κ1) is 36.8. The summed E-state index contributed by atoms with van der Waals surface area (Å²) in [5.41, 5.74) is 6.39. The van der Waals surface area contributed by atoms with Crippen LogP contribution >= 0.6 is 0 Å². The van der Waals surface area contributed by atoms with E-state index in [9.17, 15) is 24.8 Å². The molecule has 1 saturated carbocycles. The van der Waals surface area contributed by atoms with Crippen LogP contribution in [0.5, 0.6) is 0 Å². The number of unbranched alkanes of at least 4 members (excludes halogenated alkanes) is 1. The second-order valence-corrected chi connectivity index (χ2v) is 13.6. The second kappa shape index (κ2) is 15.6. The molecule has 0 spiro atoms. The molecular formula is C40H45FN6O4. The van der Waals surface area contributed by atoms with Crippen molar-refractivity contribution >= 4 is 46.6 Å². The Morgan fingerprint density at radius 1 is 1.16 bits per heavy atom. The Morgan fingerprint density at radius 2 is 1.88 bits per heavy atom. The number of nitrogens with one attached hydrogen (secondary N) is 3. The van der Waals surface area contributed by atoms with Gasteiger partial charge in [0.25, 0.3) is 5.91 Å². The normalized spacial score (nSPS) is 15.3. The zero-order valence-corrected chi connectivity index (χ0v) is 29.6. The molecule has 1 aliphatic carbocycles. The molecule has 0 aromatic heterocycles. The fourth-order valence-electron chi connectivity index (χ4n) is 6.79. The van der Waals surface area contributed by atoms with E-state index in [0.717, 1.165) is 47.3 Å². The zero-order chi connectivity index (χ0) is 36.9. The highest BCUT2D eigenvalue weighted by atomic mass is 19.1. The minimum Gasteiger partial charge on any atom is -0.512 e. The number of hydrogen-bond acceptors (Lipinski definition) is 8. The highest BCUT2D eigenvalue weighted by molar-refractivity contribution is 6.21. The minimum absolute atomic E-state index is 0.0796. The average molecular weight is 693 g/mol. The summed E-state index contributed by atoms with van der Waals surface area (Å²) in [5.74, 6) is -1.12. The molecule has 0 radical (unpaired) electrons. The van der Waals surface area contributed by atoms with E-state index in [1.54, 1.807) is 24.8 Å². The van der Waals surface area contributed by atoms with Crippen LogP contribution in [-0.2, 0) is 21.5 Å². The third kappa shape index (κ3) is 8.12. The number of rotatable bonds is 16. The maximum absolute atomic E-state index is 15.2. The first-order valence-electron chi connectivity index (χ1n) is 17.3. The predicted molar refractivity (Wildman–Crippen MR) is 197 cm³/mol. The van der Waals surface area contributed by atoms with Crippen molar-refractivity contribution in [3.8, 4) is 6.07 Å². The summed E-state index contributed by atoms with van der Waals surface area (Å²) in [6.45, 7) is 8.53. The van der Waals surface area contributed by atoms with E-state index >= 15 is 4.39 Å². The highest BCUT2D eigenvalue weighted by Crippen LogP contribution is 2.48. The van der Waals surface area contributed by atoms with Gasteiger partial charge in [0, 0.05) is 60.3 Å². The number of halogens is 1. The van der Waals surface area contributed by atoms with Crippen LogP contribution in [0.25, 0.3) is 5.57 Å². The molecule has 0 saturated heterocycles. The van der Waals surface area contributed by atoms with Crippen LogP contribution in [0.3, 0.4) is 0 Å². The summed E-state index contributed by atoms with van der Waals surface area (Å²) >= 11 is 0. The number of carbonyl (C=O) groups excluding carboxylic acids is 3. The molecule has 11 heteroatoms. The van der Waals surface area contributed by atoms with Gasteiger partial charge in [-0.05, 0) is 112 Å². The number of nitriles is 1. The Balaban J connectivity index is 1.28. The molecule has 5 rings (SSSR count). The molecule has 1 unspecified atom stereocenters. The third-order valence-electron chi connectivity index (χ3n) is 9.91. The topological polar surface area (TPSA) is 150 Å². The number of aryl methyl sites for hydroxylation is 1. The largest absolute Gasteiger partial charge is 0.512 e. The van der Waals surface area contributed by atoms with Crippen LogP contribution in [0.15, 0.2) is 60.4 Å². The van der Waals surface area contributed by atoms with Crippen molar-refractivity contribution in [3.63, 3.8) is 0 Å². The second-order valence-electron chi connectivity index (χ2n) is 13.6. The fraction of sp³-hybridized carbons (Fsp3) is 0.375. The van der Waals surface area contributed by atoms with E-state index < -0.39 is 17.1 Å². The van der Waals surface area contributed by atoms with Gasteiger partial charge in [-0.2, -0.15) is 5.26 Å². The maximum atomic E-state index is 15.2. The summed E-state index contributed by atoms with van der Waals surface area (Å²) in [7, 11) is 0. The molecule has 266 valence electrons. The molecule has 1 atom stereocenters. The molecule has 10 nitrogen and oxygen atoms in total. The summed E-state index contributed by atoms with van der Waals surface area (Å²) in [5, 5.41) is 33.7. The number of anilines is 3. The minimum atomic E-state index is -0.508. The average Bonchev–Trinajstić information content (AvgIpc) is 3.84. The van der Waals surface area contributed by atoms with Crippen LogP contribution in [0, 0.1) is 29.5 Å². The maximum Gasteiger partial charge on any atom is 0.254 e. The van der Waals surface area contributed by atoms with E-state index in [4.69, 9.17) is 5.41 Å². The molecule has 1 aliphatic heterocycles. The molecule has 3 amide bonds. The van der Waals surface area contributed by atoms with Crippen molar-refractivity contribution in [3.05, 3.63) is 94.0 Å². The Morgan fingerprint density at radius 3 is 2.51 bits per heavy atom. The zero-order valence-electron chi connectivity index (χ0n) is 29.6. The number of allylic oxidation sites excluding steroid dienone is 2. The highest BCUT2D eigenvalue weighted by Gasteiger charge is 2.44. The first-order chi connectivity index (χ1) is 24.4. The molecule has 51 heavy (non-hydrogen) atoms. The molecule has 4 N–H and O–H groups in total. The number of aliphatic hydroxyl groups is 1. The lowest BCUT2D eigenvalue weighted by molar-refractivity contribution is -0.125. The Labute approximate surface area is 298 Å². The third-order valence-corrected chi connectivity index (χ3v) is 9.91. The molecule has 1 fully saturated rings. The molecular weight excluding hydrogens is 647 g/mol. The Kier molecular flexibility index (Phi) is 11.2. The number of amides is 3. The van der Waals surface area contributed by atoms with Gasteiger partial charge in [-0.1, -0.05) is 24.3 Å². The van der Waals surface area contributed by atoms with E-state index in [1.165, 1.54) is 6.07 Å². The summed E-state index contributed by atoms with van der Waals surface area (Å²) in [6.07, 6.45) is 4.00. The molecule has 0 bridgehead atoms. The van der Waals surface area contributed by atoms with Crippen LogP contribution < -0.4 is 15.5 Å². The van der Waals surface area contributed by atoms with Crippen molar-refractivity contribution in [1.29, 1.82) is 10.7 Å². The first-order valence-corrected chi connectivity index (χ1v) is 17.3. The lowest BCUT2D eigenvalue weighted by atomic mass is 9.96. The van der Waals surface area contributed by atoms with Crippen LogP contribution in [0.2, 0.25) is 0 Å². The standard InChI is InChI=1S/C40H45FN6O4/c1-25-7-9-29(38(27(3)43)28(4)49)20-36(25)46(32-12-10-31(11-13-32)40(23-42)15-16-40)18-6-5-17-44-35-19-30-22-47(39(51)33(30)21-34(35)41)26(2)8-14-37(50)45-24-48/h7,9-13,19-21,24,26,43-44,49H,5-6,8,14-18,22H2,1-4H3,(H,45,48,50)/b38-28+,43-27?. The van der Waals surface area contributed by atoms with Crippen LogP contribution in [0.1, 0.15) is 91.9 Å². The lowest BCUT2D eigenvalue weighted by Gasteiger charge is -2.28. The van der Waals surface area contributed by atoms with Gasteiger partial charge in [-0.3, -0.25) is 19.7 Å². The van der Waals surface area contributed by atoms with Gasteiger partial charge in [0.05, 0.1) is 22.9 Å². The molecule has 3 aromatic rings. The fourth-order valence-corrected chi connectivity index (χ4v) is 6.79. The molecule has 2 aliphatic rings. The van der Waals surface area contributed by atoms with E-state index in [0.29, 0.717) is 61.3 Å². The number of fused-ring (bicyclic) bond motifs is 1. The van der Waals surface area contributed by atoms with Crippen molar-refractivity contribution in [2.24, 2.45) is 0 Å². The summed E-state index contributed by atoms with van der Waals surface area (Å²) in [4.78, 5) is 39.1. The van der Waals surface area contributed by atoms with Gasteiger partial charge in [-0.25, -0.2) is 4.39 Å². The number of imide groups is 1. The number of hydrogen-bond donors (Lipinski definition) is 4. The van der Waals surface area contributed by atoms with Crippen molar-refractivity contribution < 1.29 is 23.9 Å². The quantitative estimate of drug-likeness (QED) is 0.0527. The van der Waals surface area contributed by atoms with E-state index in [1.807, 2.05) is 56.3 Å². The van der Waals surface area contributed by atoms with Crippen LogP contribution in [-0.4, -0.2) is 53.1 Å². The van der Waals surface area contributed by atoms with Crippen molar-refractivity contribution in [2.75, 3.05) is 23.3 Å². The van der Waals surface area contributed by atoms with Gasteiger partial charge in [0.1, 0.15) is 5.82 Å². The van der Waals surface area contributed by atoms with Crippen LogP contribution in [0.4, 0.5) is 21.5 Å². The molecule has 1 heterocycles. The van der Waals surface area contributed by atoms with Gasteiger partial charge in [0.15, 0.2) is 0 Å². The van der Waals surface area contributed by atoms with Gasteiger partial charge >= 0.3 is 0 Å². The smallest absolute Gasteiger partial charge is 0.254 e.